The number of rotatable bonds is 4. The van der Waals surface area contributed by atoms with Crippen LogP contribution in [0.25, 0.3) is 0 Å². The third-order valence-electron chi connectivity index (χ3n) is 3.22. The van der Waals surface area contributed by atoms with Crippen LogP contribution in [0.4, 0.5) is 0 Å². The van der Waals surface area contributed by atoms with Gasteiger partial charge in [0, 0.05) is 30.4 Å². The predicted octanol–water partition coefficient (Wildman–Crippen LogP) is 1.24. The second kappa shape index (κ2) is 4.20. The molecule has 0 radical (unpaired) electrons. The maximum absolute atomic E-state index is 9.14. The van der Waals surface area contributed by atoms with E-state index in [1.807, 2.05) is 0 Å². The van der Waals surface area contributed by atoms with E-state index in [2.05, 4.69) is 17.1 Å². The van der Waals surface area contributed by atoms with Gasteiger partial charge in [0.2, 0.25) is 0 Å². The Balaban J connectivity index is 1.66. The molecular formula is C10H19NOS. The van der Waals surface area contributed by atoms with Gasteiger partial charge in [-0.15, -0.1) is 0 Å². The molecule has 1 heterocycles. The van der Waals surface area contributed by atoms with Crippen molar-refractivity contribution < 1.29 is 5.11 Å². The van der Waals surface area contributed by atoms with Gasteiger partial charge in [0.25, 0.3) is 0 Å². The molecule has 0 bridgehead atoms. The van der Waals surface area contributed by atoms with Crippen LogP contribution in [0.3, 0.4) is 0 Å². The monoisotopic (exact) mass is 201 g/mol. The van der Waals surface area contributed by atoms with Crippen molar-refractivity contribution in [2.75, 3.05) is 24.7 Å². The molecule has 1 saturated heterocycles. The lowest BCUT2D eigenvalue weighted by atomic mass is 10.1. The second-order valence-electron chi connectivity index (χ2n) is 4.45. The van der Waals surface area contributed by atoms with Crippen LogP contribution >= 0.6 is 11.8 Å². The highest BCUT2D eigenvalue weighted by atomic mass is 32.2. The van der Waals surface area contributed by atoms with Gasteiger partial charge in [-0.1, -0.05) is 0 Å². The number of aliphatic hydroxyl groups is 1. The zero-order valence-electron chi connectivity index (χ0n) is 8.09. The van der Waals surface area contributed by atoms with E-state index in [0.717, 1.165) is 6.54 Å². The van der Waals surface area contributed by atoms with Crippen molar-refractivity contribution >= 4 is 11.8 Å². The molecule has 76 valence electrons. The minimum atomic E-state index is 0.280. The number of hydrogen-bond donors (Lipinski definition) is 2. The van der Waals surface area contributed by atoms with E-state index in [-0.39, 0.29) is 5.41 Å². The Bertz CT molecular complexity index is 164. The fraction of sp³-hybridized carbons (Fsp3) is 1.00. The minimum Gasteiger partial charge on any atom is -0.396 e. The summed E-state index contributed by atoms with van der Waals surface area (Å²) in [7, 11) is 0. The van der Waals surface area contributed by atoms with Crippen LogP contribution in [-0.4, -0.2) is 35.8 Å². The number of nitrogens with one attached hydrogen (secondary N) is 1. The summed E-state index contributed by atoms with van der Waals surface area (Å²) in [5.41, 5.74) is 0.280. The van der Waals surface area contributed by atoms with Gasteiger partial charge >= 0.3 is 0 Å². The maximum atomic E-state index is 9.14. The van der Waals surface area contributed by atoms with E-state index in [1.54, 1.807) is 0 Å². The summed E-state index contributed by atoms with van der Waals surface area (Å²) in [6.07, 6.45) is 5.12. The van der Waals surface area contributed by atoms with E-state index in [9.17, 15) is 0 Å². The molecule has 1 unspecified atom stereocenters. The third kappa shape index (κ3) is 2.61. The smallest absolute Gasteiger partial charge is 0.0499 e. The number of hydrogen-bond acceptors (Lipinski definition) is 3. The topological polar surface area (TPSA) is 32.3 Å². The van der Waals surface area contributed by atoms with Crippen LogP contribution in [-0.2, 0) is 0 Å². The van der Waals surface area contributed by atoms with Gasteiger partial charge in [0.15, 0.2) is 0 Å². The molecule has 2 nitrogen and oxygen atoms in total. The van der Waals surface area contributed by atoms with Crippen molar-refractivity contribution in [3.63, 3.8) is 0 Å². The quantitative estimate of drug-likeness (QED) is 0.718. The molecule has 13 heavy (non-hydrogen) atoms. The average Bonchev–Trinajstić information content (AvgIpc) is 2.97. The number of thioether (sulfide) groups is 1. The Labute approximate surface area is 84.5 Å². The fourth-order valence-corrected chi connectivity index (χ4v) is 2.94. The lowest BCUT2D eigenvalue weighted by Gasteiger charge is -2.24. The fourth-order valence-electron chi connectivity index (χ4n) is 1.83. The van der Waals surface area contributed by atoms with Crippen LogP contribution in [0.2, 0.25) is 0 Å². The van der Waals surface area contributed by atoms with Crippen molar-refractivity contribution in [2.24, 2.45) is 5.41 Å². The molecule has 0 aromatic carbocycles. The van der Waals surface area contributed by atoms with Crippen molar-refractivity contribution in [3.8, 4) is 0 Å². The van der Waals surface area contributed by atoms with Crippen molar-refractivity contribution in [1.82, 2.24) is 5.32 Å². The zero-order valence-corrected chi connectivity index (χ0v) is 8.91. The summed E-state index contributed by atoms with van der Waals surface area (Å²) >= 11 is 2.06. The first-order valence-corrected chi connectivity index (χ1v) is 6.42. The lowest BCUT2D eigenvalue weighted by molar-refractivity contribution is 0.204. The molecule has 0 spiro atoms. The summed E-state index contributed by atoms with van der Waals surface area (Å²) in [5.74, 6) is 2.60. The van der Waals surface area contributed by atoms with Gasteiger partial charge in [-0.05, 0) is 31.4 Å². The van der Waals surface area contributed by atoms with Crippen LogP contribution < -0.4 is 5.32 Å². The van der Waals surface area contributed by atoms with Gasteiger partial charge in [-0.3, -0.25) is 0 Å². The first kappa shape index (κ1) is 9.81. The molecule has 3 heteroatoms. The molecule has 2 aliphatic rings. The van der Waals surface area contributed by atoms with Crippen molar-refractivity contribution in [1.29, 1.82) is 0 Å². The molecule has 2 rings (SSSR count). The van der Waals surface area contributed by atoms with Crippen LogP contribution in [0, 0.1) is 5.41 Å². The highest BCUT2D eigenvalue weighted by Gasteiger charge is 2.41. The van der Waals surface area contributed by atoms with Crippen LogP contribution in [0.15, 0.2) is 0 Å². The van der Waals surface area contributed by atoms with E-state index in [1.165, 1.54) is 37.2 Å². The predicted molar refractivity (Wildman–Crippen MR) is 57.1 cm³/mol. The highest BCUT2D eigenvalue weighted by molar-refractivity contribution is 7.99. The first-order chi connectivity index (χ1) is 6.35. The summed E-state index contributed by atoms with van der Waals surface area (Å²) in [6.45, 7) is 1.41. The summed E-state index contributed by atoms with van der Waals surface area (Å²) in [5, 5.41) is 12.7. The standard InChI is InChI=1S/C10H19NOS/c12-8-10(3-4-10)7-11-9-2-1-5-13-6-9/h9,11-12H,1-8H2. The molecule has 1 aliphatic heterocycles. The third-order valence-corrected chi connectivity index (χ3v) is 4.43. The normalized spacial score (nSPS) is 31.6. The van der Waals surface area contributed by atoms with Gasteiger partial charge in [-0.2, -0.15) is 11.8 Å². The number of aliphatic hydroxyl groups excluding tert-OH is 1. The van der Waals surface area contributed by atoms with E-state index in [0.29, 0.717) is 12.6 Å². The Hall–Kier alpha value is 0.270. The Morgan fingerprint density at radius 1 is 1.46 bits per heavy atom. The SMILES string of the molecule is OCC1(CNC2CCCSC2)CC1. The summed E-state index contributed by atoms with van der Waals surface area (Å²) in [4.78, 5) is 0. The minimum absolute atomic E-state index is 0.280. The largest absolute Gasteiger partial charge is 0.396 e. The Morgan fingerprint density at radius 2 is 2.31 bits per heavy atom. The molecule has 0 aromatic rings. The van der Waals surface area contributed by atoms with Gasteiger partial charge < -0.3 is 10.4 Å². The van der Waals surface area contributed by atoms with Gasteiger partial charge in [0.05, 0.1) is 0 Å². The Morgan fingerprint density at radius 3 is 2.85 bits per heavy atom. The molecule has 1 aliphatic carbocycles. The average molecular weight is 201 g/mol. The lowest BCUT2D eigenvalue weighted by Crippen LogP contribution is -2.38. The molecular weight excluding hydrogens is 182 g/mol. The van der Waals surface area contributed by atoms with Crippen LogP contribution in [0.1, 0.15) is 25.7 Å². The molecule has 2 N–H and O–H groups in total. The maximum Gasteiger partial charge on any atom is 0.0499 e. The molecule has 1 saturated carbocycles. The van der Waals surface area contributed by atoms with E-state index >= 15 is 0 Å². The van der Waals surface area contributed by atoms with Crippen LogP contribution in [0.5, 0.6) is 0 Å². The molecule has 1 atom stereocenters. The summed E-state index contributed by atoms with van der Waals surface area (Å²) < 4.78 is 0. The molecule has 0 amide bonds. The molecule has 0 aromatic heterocycles. The molecule has 2 fully saturated rings. The Kier molecular flexibility index (Phi) is 3.17. The van der Waals surface area contributed by atoms with Gasteiger partial charge in [0.1, 0.15) is 0 Å². The zero-order chi connectivity index (χ0) is 9.15. The van der Waals surface area contributed by atoms with Crippen molar-refractivity contribution in [3.05, 3.63) is 0 Å². The second-order valence-corrected chi connectivity index (χ2v) is 5.60. The van der Waals surface area contributed by atoms with E-state index < -0.39 is 0 Å². The highest BCUT2D eigenvalue weighted by Crippen LogP contribution is 2.44. The van der Waals surface area contributed by atoms with Crippen molar-refractivity contribution in [2.45, 2.75) is 31.7 Å². The summed E-state index contributed by atoms with van der Waals surface area (Å²) in [6, 6.07) is 0.711. The van der Waals surface area contributed by atoms with E-state index in [4.69, 9.17) is 5.11 Å². The van der Waals surface area contributed by atoms with Gasteiger partial charge in [-0.25, -0.2) is 0 Å². The first-order valence-electron chi connectivity index (χ1n) is 5.27.